The molecule has 1 saturated carbocycles. The highest BCUT2D eigenvalue weighted by molar-refractivity contribution is 9.10. The Labute approximate surface area is 96.6 Å². The average Bonchev–Trinajstić information content (AvgIpc) is 2.93. The predicted octanol–water partition coefficient (Wildman–Crippen LogP) is 2.13. The van der Waals surface area contributed by atoms with Gasteiger partial charge < -0.3 is 5.32 Å². The number of H-pyrrole nitrogens is 1. The molecule has 2 atom stereocenters. The second-order valence-electron chi connectivity index (χ2n) is 3.96. The van der Waals surface area contributed by atoms with E-state index in [1.165, 1.54) is 19.3 Å². The first kappa shape index (κ1) is 10.7. The average molecular weight is 272 g/mol. The van der Waals surface area contributed by atoms with Crippen LogP contribution >= 0.6 is 15.9 Å². The first-order valence-corrected chi connectivity index (χ1v) is 6.01. The predicted molar refractivity (Wildman–Crippen MR) is 63.0 cm³/mol. The van der Waals surface area contributed by atoms with Crippen LogP contribution in [0.5, 0.6) is 0 Å². The van der Waals surface area contributed by atoms with E-state index in [9.17, 15) is 4.79 Å². The van der Waals surface area contributed by atoms with Crippen molar-refractivity contribution < 1.29 is 0 Å². The van der Waals surface area contributed by atoms with Crippen molar-refractivity contribution in [1.82, 2.24) is 10.2 Å². The quantitative estimate of drug-likeness (QED) is 0.882. The van der Waals surface area contributed by atoms with Crippen molar-refractivity contribution in [2.75, 3.05) is 5.32 Å². The zero-order valence-electron chi connectivity index (χ0n) is 8.59. The Bertz CT molecular complexity index is 404. The summed E-state index contributed by atoms with van der Waals surface area (Å²) in [5.74, 6) is 0.765. The molecule has 15 heavy (non-hydrogen) atoms. The second kappa shape index (κ2) is 4.35. The molecule has 1 aliphatic carbocycles. The molecular formula is C10H14BrN3O. The molecule has 1 fully saturated rings. The van der Waals surface area contributed by atoms with Crippen molar-refractivity contribution in [3.8, 4) is 0 Å². The summed E-state index contributed by atoms with van der Waals surface area (Å²) < 4.78 is 0.541. The Morgan fingerprint density at radius 3 is 3.27 bits per heavy atom. The van der Waals surface area contributed by atoms with Gasteiger partial charge in [0.1, 0.15) is 4.47 Å². The molecule has 4 nitrogen and oxygen atoms in total. The van der Waals surface area contributed by atoms with E-state index in [1.54, 1.807) is 6.20 Å². The fraction of sp³-hybridized carbons (Fsp3) is 0.600. The minimum Gasteiger partial charge on any atom is -0.380 e. The highest BCUT2D eigenvalue weighted by atomic mass is 79.9. The van der Waals surface area contributed by atoms with E-state index in [0.29, 0.717) is 10.5 Å². The second-order valence-corrected chi connectivity index (χ2v) is 4.76. The van der Waals surface area contributed by atoms with Crippen molar-refractivity contribution in [2.45, 2.75) is 32.2 Å². The van der Waals surface area contributed by atoms with Crippen molar-refractivity contribution in [3.05, 3.63) is 21.0 Å². The number of aromatic amines is 1. The largest absolute Gasteiger partial charge is 0.380 e. The van der Waals surface area contributed by atoms with Crippen LogP contribution in [0, 0.1) is 5.92 Å². The highest BCUT2D eigenvalue weighted by Crippen LogP contribution is 2.37. The van der Waals surface area contributed by atoms with Crippen LogP contribution < -0.4 is 10.9 Å². The third-order valence-corrected chi connectivity index (χ3v) is 3.51. The monoisotopic (exact) mass is 271 g/mol. The Balaban J connectivity index is 2.01. The Kier molecular flexibility index (Phi) is 3.09. The summed E-state index contributed by atoms with van der Waals surface area (Å²) in [5.41, 5.74) is 0.607. The number of aromatic nitrogens is 2. The van der Waals surface area contributed by atoms with Crippen LogP contribution in [0.2, 0.25) is 0 Å². The molecule has 0 aliphatic heterocycles. The molecular weight excluding hydrogens is 258 g/mol. The number of nitrogens with zero attached hydrogens (tertiary/aromatic N) is 1. The van der Waals surface area contributed by atoms with E-state index in [2.05, 4.69) is 38.4 Å². The van der Waals surface area contributed by atoms with E-state index < -0.39 is 0 Å². The summed E-state index contributed by atoms with van der Waals surface area (Å²) in [4.78, 5) is 11.2. The van der Waals surface area contributed by atoms with Gasteiger partial charge in [-0.25, -0.2) is 5.10 Å². The highest BCUT2D eigenvalue weighted by Gasteiger charge is 2.36. The maximum atomic E-state index is 11.2. The number of hydrogen-bond acceptors (Lipinski definition) is 3. The molecule has 82 valence electrons. The van der Waals surface area contributed by atoms with Gasteiger partial charge in [0.2, 0.25) is 0 Å². The molecule has 0 aromatic carbocycles. The summed E-state index contributed by atoms with van der Waals surface area (Å²) in [6.45, 7) is 2.19. The summed E-state index contributed by atoms with van der Waals surface area (Å²) in [6, 6.07) is 0.518. The molecule has 0 spiro atoms. The van der Waals surface area contributed by atoms with Gasteiger partial charge in [-0.05, 0) is 34.7 Å². The summed E-state index contributed by atoms with van der Waals surface area (Å²) in [7, 11) is 0. The fourth-order valence-electron chi connectivity index (χ4n) is 1.80. The van der Waals surface area contributed by atoms with Gasteiger partial charge in [0.05, 0.1) is 11.9 Å². The van der Waals surface area contributed by atoms with Crippen LogP contribution in [-0.4, -0.2) is 16.2 Å². The van der Waals surface area contributed by atoms with E-state index in [4.69, 9.17) is 0 Å². The van der Waals surface area contributed by atoms with Crippen LogP contribution in [0.25, 0.3) is 0 Å². The van der Waals surface area contributed by atoms with Gasteiger partial charge in [-0.15, -0.1) is 0 Å². The lowest BCUT2D eigenvalue weighted by Crippen LogP contribution is -2.14. The summed E-state index contributed by atoms with van der Waals surface area (Å²) in [6.07, 6.45) is 5.32. The van der Waals surface area contributed by atoms with E-state index in [0.717, 1.165) is 11.6 Å². The minimum atomic E-state index is -0.187. The van der Waals surface area contributed by atoms with Crippen LogP contribution in [-0.2, 0) is 0 Å². The maximum absolute atomic E-state index is 11.2. The molecule has 1 aromatic heterocycles. The van der Waals surface area contributed by atoms with Gasteiger partial charge >= 0.3 is 0 Å². The van der Waals surface area contributed by atoms with Gasteiger partial charge in [0, 0.05) is 6.04 Å². The maximum Gasteiger partial charge on any atom is 0.280 e. The molecule has 2 N–H and O–H groups in total. The molecule has 5 heteroatoms. The van der Waals surface area contributed by atoms with Crippen LogP contribution in [0.15, 0.2) is 15.5 Å². The lowest BCUT2D eigenvalue weighted by molar-refractivity contribution is 0.692. The van der Waals surface area contributed by atoms with Gasteiger partial charge in [-0.3, -0.25) is 4.79 Å². The standard InChI is InChI=1S/C10H14BrN3O/c1-2-3-6-4-7(6)13-8-5-12-14-10(15)9(8)11/h5-7H,2-4H2,1H3,(H2,13,14,15). The summed E-state index contributed by atoms with van der Waals surface area (Å²) in [5, 5.41) is 9.47. The van der Waals surface area contributed by atoms with E-state index in [-0.39, 0.29) is 5.56 Å². The zero-order chi connectivity index (χ0) is 10.8. The Morgan fingerprint density at radius 1 is 1.73 bits per heavy atom. The Hall–Kier alpha value is -0.840. The van der Waals surface area contributed by atoms with Crippen molar-refractivity contribution in [3.63, 3.8) is 0 Å². The van der Waals surface area contributed by atoms with Gasteiger partial charge in [-0.2, -0.15) is 5.10 Å². The number of hydrogen-bond donors (Lipinski definition) is 2. The number of halogens is 1. The lowest BCUT2D eigenvalue weighted by atomic mass is 10.2. The van der Waals surface area contributed by atoms with Crippen molar-refractivity contribution in [1.29, 1.82) is 0 Å². The minimum absolute atomic E-state index is 0.187. The van der Waals surface area contributed by atoms with Crippen LogP contribution in [0.3, 0.4) is 0 Å². The normalized spacial score (nSPS) is 23.9. The molecule has 0 amide bonds. The molecule has 0 radical (unpaired) electrons. The molecule has 2 rings (SSSR count). The van der Waals surface area contributed by atoms with Gasteiger partial charge in [0.15, 0.2) is 0 Å². The smallest absolute Gasteiger partial charge is 0.280 e. The topological polar surface area (TPSA) is 57.8 Å². The zero-order valence-corrected chi connectivity index (χ0v) is 10.2. The number of anilines is 1. The number of rotatable bonds is 4. The molecule has 1 aliphatic rings. The molecule has 1 heterocycles. The first-order chi connectivity index (χ1) is 7.22. The van der Waals surface area contributed by atoms with E-state index >= 15 is 0 Å². The lowest BCUT2D eigenvalue weighted by Gasteiger charge is -2.05. The molecule has 0 bridgehead atoms. The molecule has 1 aromatic rings. The molecule has 0 saturated heterocycles. The van der Waals surface area contributed by atoms with Crippen molar-refractivity contribution in [2.24, 2.45) is 5.92 Å². The third kappa shape index (κ3) is 2.40. The van der Waals surface area contributed by atoms with E-state index in [1.807, 2.05) is 0 Å². The van der Waals surface area contributed by atoms with Gasteiger partial charge in [-0.1, -0.05) is 13.3 Å². The Morgan fingerprint density at radius 2 is 2.53 bits per heavy atom. The third-order valence-electron chi connectivity index (χ3n) is 2.72. The fourth-order valence-corrected chi connectivity index (χ4v) is 2.10. The first-order valence-electron chi connectivity index (χ1n) is 5.22. The van der Waals surface area contributed by atoms with Crippen LogP contribution in [0.1, 0.15) is 26.2 Å². The van der Waals surface area contributed by atoms with Crippen LogP contribution in [0.4, 0.5) is 5.69 Å². The molecule has 2 unspecified atom stereocenters. The van der Waals surface area contributed by atoms with Gasteiger partial charge in [0.25, 0.3) is 5.56 Å². The number of nitrogens with one attached hydrogen (secondary N) is 2. The summed E-state index contributed by atoms with van der Waals surface area (Å²) >= 11 is 3.25. The van der Waals surface area contributed by atoms with Crippen molar-refractivity contribution >= 4 is 21.6 Å². The SMILES string of the molecule is CCCC1CC1Nc1cn[nH]c(=O)c1Br.